The molecular weight excluding hydrogens is 440 g/mol. The highest BCUT2D eigenvalue weighted by Crippen LogP contribution is 2.48. The van der Waals surface area contributed by atoms with Gasteiger partial charge in [-0.2, -0.15) is 0 Å². The van der Waals surface area contributed by atoms with Crippen LogP contribution >= 0.6 is 0 Å². The van der Waals surface area contributed by atoms with Gasteiger partial charge in [0.2, 0.25) is 5.91 Å². The molecule has 0 radical (unpaired) electrons. The second kappa shape index (κ2) is 10.2. The van der Waals surface area contributed by atoms with Crippen LogP contribution in [0.3, 0.4) is 0 Å². The van der Waals surface area contributed by atoms with E-state index in [4.69, 9.17) is 9.47 Å². The molecule has 1 saturated carbocycles. The van der Waals surface area contributed by atoms with Crippen LogP contribution in [-0.4, -0.2) is 49.2 Å². The normalized spacial score (nSPS) is 21.9. The molecule has 1 aromatic carbocycles. The molecule has 2 fully saturated rings. The third-order valence-electron chi connectivity index (χ3n) is 6.36. The van der Waals surface area contributed by atoms with Gasteiger partial charge in [0.25, 0.3) is 5.92 Å². The number of anilines is 1. The molecule has 2 aromatic rings. The summed E-state index contributed by atoms with van der Waals surface area (Å²) in [5, 5.41) is 2.98. The Balaban J connectivity index is 1.24. The average Bonchev–Trinajstić information content (AvgIpc) is 3.19. The zero-order valence-electron chi connectivity index (χ0n) is 20.0. The van der Waals surface area contributed by atoms with Crippen LogP contribution in [0.5, 0.6) is 11.5 Å². The number of hydrogen-bond donors (Lipinski definition) is 1. The molecule has 1 saturated heterocycles. The van der Waals surface area contributed by atoms with Gasteiger partial charge < -0.3 is 19.7 Å². The second-order valence-corrected chi connectivity index (χ2v) is 9.73. The first-order chi connectivity index (χ1) is 16.2. The number of ether oxygens (including phenoxy) is 2. The lowest BCUT2D eigenvalue weighted by Gasteiger charge is -2.19. The Kier molecular flexibility index (Phi) is 7.24. The molecule has 2 heterocycles. The lowest BCUT2D eigenvalue weighted by atomic mass is 10.00. The van der Waals surface area contributed by atoms with Crippen LogP contribution in [-0.2, 0) is 4.79 Å². The molecule has 1 aliphatic heterocycles. The number of nitrogens with one attached hydrogen (secondary N) is 1. The Morgan fingerprint density at radius 3 is 2.50 bits per heavy atom. The molecule has 0 spiro atoms. The molecule has 3 atom stereocenters. The average molecular weight is 474 g/mol. The number of nitrogens with zero attached hydrogens (tertiary/aromatic N) is 2. The quantitative estimate of drug-likeness (QED) is 0.544. The lowest BCUT2D eigenvalue weighted by molar-refractivity contribution is -0.122. The minimum Gasteiger partial charge on any atom is -0.491 e. The van der Waals surface area contributed by atoms with Gasteiger partial charge in [-0.05, 0) is 42.7 Å². The summed E-state index contributed by atoms with van der Waals surface area (Å²) in [7, 11) is 0. The first-order valence-corrected chi connectivity index (χ1v) is 12.0. The largest absolute Gasteiger partial charge is 0.491 e. The molecule has 1 aromatic heterocycles. The Morgan fingerprint density at radius 1 is 1.18 bits per heavy atom. The molecule has 4 rings (SSSR count). The highest BCUT2D eigenvalue weighted by Gasteiger charge is 2.57. The fourth-order valence-corrected chi connectivity index (χ4v) is 3.96. The number of halogens is 2. The van der Waals surface area contributed by atoms with E-state index < -0.39 is 11.8 Å². The zero-order valence-corrected chi connectivity index (χ0v) is 20.0. The summed E-state index contributed by atoms with van der Waals surface area (Å²) in [6.07, 6.45) is 2.39. The summed E-state index contributed by atoms with van der Waals surface area (Å²) in [6.45, 7) is 8.27. The number of hydrogen-bond acceptors (Lipinski definition) is 5. The van der Waals surface area contributed by atoms with Crippen LogP contribution in [0.25, 0.3) is 0 Å². The van der Waals surface area contributed by atoms with Crippen molar-refractivity contribution in [3.63, 3.8) is 0 Å². The SMILES string of the molecule is CC(C)CNC(=O)C(C)c1ccc(OC2CCN(c3ccc(OCC4CC4(F)F)cn3)C2)cc1. The molecule has 8 heteroatoms. The molecule has 3 unspecified atom stereocenters. The molecule has 6 nitrogen and oxygen atoms in total. The first-order valence-electron chi connectivity index (χ1n) is 12.0. The van der Waals surface area contributed by atoms with Gasteiger partial charge in [0, 0.05) is 25.9 Å². The monoisotopic (exact) mass is 473 g/mol. The summed E-state index contributed by atoms with van der Waals surface area (Å²) in [4.78, 5) is 18.9. The van der Waals surface area contributed by atoms with Crippen molar-refractivity contribution in [2.75, 3.05) is 31.1 Å². The van der Waals surface area contributed by atoms with E-state index in [1.807, 2.05) is 37.3 Å². The van der Waals surface area contributed by atoms with Gasteiger partial charge in [-0.15, -0.1) is 0 Å². The number of amides is 1. The van der Waals surface area contributed by atoms with Crippen LogP contribution < -0.4 is 19.7 Å². The summed E-state index contributed by atoms with van der Waals surface area (Å²) >= 11 is 0. The fraction of sp³-hybridized carbons (Fsp3) is 0.538. The molecule has 34 heavy (non-hydrogen) atoms. The summed E-state index contributed by atoms with van der Waals surface area (Å²) in [5.41, 5.74) is 0.957. The van der Waals surface area contributed by atoms with Crippen molar-refractivity contribution >= 4 is 11.7 Å². The molecule has 0 bridgehead atoms. The Morgan fingerprint density at radius 2 is 1.88 bits per heavy atom. The summed E-state index contributed by atoms with van der Waals surface area (Å²) in [5.74, 6) is -0.919. The minimum atomic E-state index is -2.57. The standard InChI is InChI=1S/C26H33F2N3O3/c1-17(2)13-30-25(32)18(3)19-4-6-21(7-5-19)34-23-10-11-31(15-23)24-9-8-22(14-29-24)33-16-20-12-26(20,27)28/h4-9,14,17-18,20,23H,10-13,15-16H2,1-3H3,(H,30,32). The van der Waals surface area contributed by atoms with Crippen molar-refractivity contribution in [1.82, 2.24) is 10.3 Å². The topological polar surface area (TPSA) is 63.7 Å². The van der Waals surface area contributed by atoms with E-state index in [0.717, 1.165) is 30.1 Å². The van der Waals surface area contributed by atoms with E-state index in [1.54, 1.807) is 12.3 Å². The highest BCUT2D eigenvalue weighted by molar-refractivity contribution is 5.83. The van der Waals surface area contributed by atoms with Crippen molar-refractivity contribution in [3.05, 3.63) is 48.2 Å². The molecule has 2 aliphatic rings. The van der Waals surface area contributed by atoms with Crippen molar-refractivity contribution in [1.29, 1.82) is 0 Å². The maximum Gasteiger partial charge on any atom is 0.255 e. The van der Waals surface area contributed by atoms with Gasteiger partial charge in [0.1, 0.15) is 23.4 Å². The van der Waals surface area contributed by atoms with Gasteiger partial charge in [0.15, 0.2) is 0 Å². The molecule has 1 N–H and O–H groups in total. The number of carbonyl (C=O) groups excluding carboxylic acids is 1. The summed E-state index contributed by atoms with van der Waals surface area (Å²) in [6, 6.07) is 11.3. The van der Waals surface area contributed by atoms with E-state index in [0.29, 0.717) is 24.8 Å². The Bertz CT molecular complexity index is 966. The molecular formula is C26H33F2N3O3. The smallest absolute Gasteiger partial charge is 0.255 e. The van der Waals surface area contributed by atoms with Crippen LogP contribution in [0.4, 0.5) is 14.6 Å². The van der Waals surface area contributed by atoms with Crippen molar-refractivity contribution < 1.29 is 23.0 Å². The van der Waals surface area contributed by atoms with E-state index in [9.17, 15) is 13.6 Å². The maximum atomic E-state index is 13.0. The van der Waals surface area contributed by atoms with Crippen LogP contribution in [0.15, 0.2) is 42.6 Å². The van der Waals surface area contributed by atoms with E-state index in [1.165, 1.54) is 0 Å². The number of rotatable bonds is 10. The third kappa shape index (κ3) is 6.15. The number of alkyl halides is 2. The van der Waals surface area contributed by atoms with Crippen LogP contribution in [0.2, 0.25) is 0 Å². The number of aromatic nitrogens is 1. The zero-order chi connectivity index (χ0) is 24.3. The van der Waals surface area contributed by atoms with Crippen molar-refractivity contribution in [2.24, 2.45) is 11.8 Å². The van der Waals surface area contributed by atoms with Crippen LogP contribution in [0.1, 0.15) is 45.1 Å². The molecule has 1 aliphatic carbocycles. The van der Waals surface area contributed by atoms with Crippen molar-refractivity contribution in [2.45, 2.75) is 51.6 Å². The second-order valence-electron chi connectivity index (χ2n) is 9.73. The minimum absolute atomic E-state index is 0.0217. The van der Waals surface area contributed by atoms with Gasteiger partial charge >= 0.3 is 0 Å². The van der Waals surface area contributed by atoms with E-state index >= 15 is 0 Å². The Hall–Kier alpha value is -2.90. The lowest BCUT2D eigenvalue weighted by Crippen LogP contribution is -2.31. The first kappa shape index (κ1) is 24.2. The van der Waals surface area contributed by atoms with Crippen molar-refractivity contribution in [3.8, 4) is 11.5 Å². The number of pyridine rings is 1. The molecule has 184 valence electrons. The predicted molar refractivity (Wildman–Crippen MR) is 127 cm³/mol. The van der Waals surface area contributed by atoms with Gasteiger partial charge in [-0.25, -0.2) is 13.8 Å². The Labute approximate surface area is 199 Å². The highest BCUT2D eigenvalue weighted by atomic mass is 19.3. The summed E-state index contributed by atoms with van der Waals surface area (Å²) < 4.78 is 37.5. The predicted octanol–water partition coefficient (Wildman–Crippen LogP) is 4.65. The van der Waals surface area contributed by atoms with Gasteiger partial charge in [-0.3, -0.25) is 4.79 Å². The number of carbonyl (C=O) groups is 1. The third-order valence-corrected chi connectivity index (χ3v) is 6.36. The van der Waals surface area contributed by atoms with Gasteiger partial charge in [0.05, 0.1) is 31.2 Å². The van der Waals surface area contributed by atoms with E-state index in [-0.39, 0.29) is 31.0 Å². The maximum absolute atomic E-state index is 13.0. The number of benzene rings is 1. The van der Waals surface area contributed by atoms with Gasteiger partial charge in [-0.1, -0.05) is 26.0 Å². The van der Waals surface area contributed by atoms with E-state index in [2.05, 4.69) is 29.0 Å². The molecule has 1 amide bonds. The fourth-order valence-electron chi connectivity index (χ4n) is 3.96. The van der Waals surface area contributed by atoms with Crippen LogP contribution in [0, 0.1) is 11.8 Å².